The molecular formula is C15H26N4O. The lowest BCUT2D eigenvalue weighted by atomic mass is 9.93. The number of hydrogen-bond acceptors (Lipinski definition) is 5. The summed E-state index contributed by atoms with van der Waals surface area (Å²) in [6, 6.07) is 2.41. The molecule has 0 saturated carbocycles. The molecule has 1 unspecified atom stereocenters. The van der Waals surface area contributed by atoms with E-state index < -0.39 is 0 Å². The summed E-state index contributed by atoms with van der Waals surface area (Å²) in [6.07, 6.45) is 3.10. The monoisotopic (exact) mass is 278 g/mol. The molecule has 20 heavy (non-hydrogen) atoms. The molecule has 0 bridgehead atoms. The fourth-order valence-electron chi connectivity index (χ4n) is 2.57. The van der Waals surface area contributed by atoms with E-state index in [1.54, 1.807) is 0 Å². The smallest absolute Gasteiger partial charge is 0.132 e. The Bertz CT molecular complexity index is 418. The molecule has 2 rings (SSSR count). The highest BCUT2D eigenvalue weighted by Gasteiger charge is 2.20. The first-order valence-corrected chi connectivity index (χ1v) is 7.69. The molecule has 0 aromatic carbocycles. The molecule has 5 heteroatoms. The Morgan fingerprint density at radius 1 is 1.25 bits per heavy atom. The van der Waals surface area contributed by atoms with E-state index in [4.69, 9.17) is 4.74 Å². The van der Waals surface area contributed by atoms with E-state index in [0.29, 0.717) is 12.0 Å². The lowest BCUT2D eigenvalue weighted by Gasteiger charge is -2.28. The zero-order valence-corrected chi connectivity index (χ0v) is 12.8. The minimum atomic E-state index is 0.410. The van der Waals surface area contributed by atoms with Crippen molar-refractivity contribution in [2.75, 3.05) is 30.4 Å². The quantitative estimate of drug-likeness (QED) is 0.838. The molecule has 1 saturated heterocycles. The van der Waals surface area contributed by atoms with Crippen LogP contribution in [-0.2, 0) is 11.2 Å². The van der Waals surface area contributed by atoms with E-state index in [9.17, 15) is 0 Å². The summed E-state index contributed by atoms with van der Waals surface area (Å²) in [5, 5.41) is 6.80. The largest absolute Gasteiger partial charge is 0.381 e. The van der Waals surface area contributed by atoms with E-state index in [1.807, 2.05) is 6.07 Å². The average molecular weight is 278 g/mol. The van der Waals surface area contributed by atoms with Crippen LogP contribution in [0, 0.1) is 5.92 Å². The Kier molecular flexibility index (Phi) is 5.59. The molecule has 1 fully saturated rings. The molecule has 2 heterocycles. The van der Waals surface area contributed by atoms with Crippen molar-refractivity contribution >= 4 is 11.6 Å². The summed E-state index contributed by atoms with van der Waals surface area (Å²) in [5.74, 6) is 3.37. The first kappa shape index (κ1) is 15.0. The van der Waals surface area contributed by atoms with Crippen LogP contribution in [0.4, 0.5) is 11.6 Å². The normalized spacial score (nSPS) is 17.8. The number of rotatable bonds is 6. The summed E-state index contributed by atoms with van der Waals surface area (Å²) in [4.78, 5) is 9.05. The Morgan fingerprint density at radius 3 is 2.60 bits per heavy atom. The maximum atomic E-state index is 5.42. The number of nitrogens with one attached hydrogen (secondary N) is 2. The summed E-state index contributed by atoms with van der Waals surface area (Å²) in [6.45, 7) is 9.01. The first-order chi connectivity index (χ1) is 9.72. The van der Waals surface area contributed by atoms with Gasteiger partial charge >= 0.3 is 0 Å². The second-order valence-corrected chi connectivity index (χ2v) is 5.32. The molecule has 0 aliphatic carbocycles. The van der Waals surface area contributed by atoms with Crippen molar-refractivity contribution in [3.8, 4) is 0 Å². The van der Waals surface area contributed by atoms with Crippen LogP contribution in [0.1, 0.15) is 39.4 Å². The van der Waals surface area contributed by atoms with Crippen LogP contribution in [0.15, 0.2) is 6.07 Å². The number of anilines is 2. The minimum absolute atomic E-state index is 0.410. The van der Waals surface area contributed by atoms with Crippen molar-refractivity contribution in [2.45, 2.75) is 46.1 Å². The Labute approximate surface area is 121 Å². The highest BCUT2D eigenvalue weighted by Crippen LogP contribution is 2.22. The second kappa shape index (κ2) is 7.43. The highest BCUT2D eigenvalue weighted by atomic mass is 16.5. The van der Waals surface area contributed by atoms with Gasteiger partial charge in [0.05, 0.1) is 0 Å². The van der Waals surface area contributed by atoms with Gasteiger partial charge in [0.15, 0.2) is 0 Å². The zero-order chi connectivity index (χ0) is 14.4. The van der Waals surface area contributed by atoms with Crippen LogP contribution in [0.5, 0.6) is 0 Å². The van der Waals surface area contributed by atoms with Crippen molar-refractivity contribution in [1.82, 2.24) is 9.97 Å². The SMILES string of the molecule is CCNc1cc(NC(C)C2CCOCC2)nc(CC)n1. The molecule has 1 aromatic heterocycles. The van der Waals surface area contributed by atoms with Crippen molar-refractivity contribution in [1.29, 1.82) is 0 Å². The summed E-state index contributed by atoms with van der Waals surface area (Å²) in [7, 11) is 0. The third-order valence-electron chi connectivity index (χ3n) is 3.80. The van der Waals surface area contributed by atoms with Crippen molar-refractivity contribution in [2.24, 2.45) is 5.92 Å². The van der Waals surface area contributed by atoms with Crippen LogP contribution in [0.2, 0.25) is 0 Å². The van der Waals surface area contributed by atoms with Crippen LogP contribution < -0.4 is 10.6 Å². The number of ether oxygens (including phenoxy) is 1. The van der Waals surface area contributed by atoms with Crippen LogP contribution in [-0.4, -0.2) is 35.8 Å². The van der Waals surface area contributed by atoms with E-state index >= 15 is 0 Å². The summed E-state index contributed by atoms with van der Waals surface area (Å²) in [5.41, 5.74) is 0. The maximum absolute atomic E-state index is 5.42. The van der Waals surface area contributed by atoms with Crippen LogP contribution in [0.25, 0.3) is 0 Å². The number of aromatic nitrogens is 2. The van der Waals surface area contributed by atoms with Crippen molar-refractivity contribution < 1.29 is 4.74 Å². The lowest BCUT2D eigenvalue weighted by Crippen LogP contribution is -2.31. The van der Waals surface area contributed by atoms with Gasteiger partial charge in [-0.1, -0.05) is 6.92 Å². The molecule has 1 aliphatic rings. The predicted molar refractivity (Wildman–Crippen MR) is 82.2 cm³/mol. The van der Waals surface area contributed by atoms with E-state index in [0.717, 1.165) is 56.5 Å². The molecule has 112 valence electrons. The molecule has 0 amide bonds. The third kappa shape index (κ3) is 4.07. The fraction of sp³-hybridized carbons (Fsp3) is 0.733. The molecule has 1 aliphatic heterocycles. The van der Waals surface area contributed by atoms with Gasteiger partial charge in [0.2, 0.25) is 0 Å². The predicted octanol–water partition coefficient (Wildman–Crippen LogP) is 2.70. The van der Waals surface area contributed by atoms with Gasteiger partial charge in [0, 0.05) is 38.3 Å². The zero-order valence-electron chi connectivity index (χ0n) is 12.8. The van der Waals surface area contributed by atoms with Gasteiger partial charge in [0.25, 0.3) is 0 Å². The highest BCUT2D eigenvalue weighted by molar-refractivity contribution is 5.48. The van der Waals surface area contributed by atoms with E-state index in [-0.39, 0.29) is 0 Å². The van der Waals surface area contributed by atoms with Gasteiger partial charge in [-0.3, -0.25) is 0 Å². The summed E-state index contributed by atoms with van der Waals surface area (Å²) < 4.78 is 5.42. The second-order valence-electron chi connectivity index (χ2n) is 5.32. The van der Waals surface area contributed by atoms with Gasteiger partial charge in [0.1, 0.15) is 17.5 Å². The molecule has 0 radical (unpaired) electrons. The van der Waals surface area contributed by atoms with E-state index in [2.05, 4.69) is 41.4 Å². The summed E-state index contributed by atoms with van der Waals surface area (Å²) >= 11 is 0. The molecule has 0 spiro atoms. The molecule has 1 aromatic rings. The lowest BCUT2D eigenvalue weighted by molar-refractivity contribution is 0.0622. The number of nitrogens with zero attached hydrogens (tertiary/aromatic N) is 2. The number of aryl methyl sites for hydroxylation is 1. The van der Waals surface area contributed by atoms with Crippen molar-refractivity contribution in [3.05, 3.63) is 11.9 Å². The standard InChI is InChI=1S/C15H26N4O/c1-4-13-18-14(16-5-2)10-15(19-13)17-11(3)12-6-8-20-9-7-12/h10-12H,4-9H2,1-3H3,(H2,16,17,18,19). The topological polar surface area (TPSA) is 59.1 Å². The number of hydrogen-bond donors (Lipinski definition) is 2. The minimum Gasteiger partial charge on any atom is -0.381 e. The van der Waals surface area contributed by atoms with E-state index in [1.165, 1.54) is 0 Å². The molecule has 2 N–H and O–H groups in total. The Balaban J connectivity index is 2.04. The molecule has 5 nitrogen and oxygen atoms in total. The molecular weight excluding hydrogens is 252 g/mol. The van der Waals surface area contributed by atoms with Gasteiger partial charge in [-0.15, -0.1) is 0 Å². The van der Waals surface area contributed by atoms with Crippen molar-refractivity contribution in [3.63, 3.8) is 0 Å². The first-order valence-electron chi connectivity index (χ1n) is 7.69. The Hall–Kier alpha value is -1.36. The van der Waals surface area contributed by atoms with Gasteiger partial charge in [-0.2, -0.15) is 0 Å². The third-order valence-corrected chi connectivity index (χ3v) is 3.80. The van der Waals surface area contributed by atoms with Gasteiger partial charge in [-0.05, 0) is 32.6 Å². The van der Waals surface area contributed by atoms with Crippen LogP contribution in [0.3, 0.4) is 0 Å². The van der Waals surface area contributed by atoms with Gasteiger partial charge in [-0.25, -0.2) is 9.97 Å². The Morgan fingerprint density at radius 2 is 1.95 bits per heavy atom. The average Bonchev–Trinajstić information content (AvgIpc) is 2.48. The van der Waals surface area contributed by atoms with Crippen LogP contribution >= 0.6 is 0 Å². The van der Waals surface area contributed by atoms with Gasteiger partial charge < -0.3 is 15.4 Å². The molecule has 1 atom stereocenters. The maximum Gasteiger partial charge on any atom is 0.132 e. The fourth-order valence-corrected chi connectivity index (χ4v) is 2.57.